The molecule has 0 aromatic heterocycles. The first-order chi connectivity index (χ1) is 4.43. The normalized spacial score (nSPS) is 7.60. The average molecular weight is 164 g/mol. The van der Waals surface area contributed by atoms with Gasteiger partial charge >= 0.3 is 37.7 Å². The van der Waals surface area contributed by atoms with Crippen LogP contribution >= 0.6 is 0 Å². The van der Waals surface area contributed by atoms with E-state index in [4.69, 9.17) is 0 Å². The molecular weight excluding hydrogens is 156 g/mol. The Kier molecular flexibility index (Phi) is 5.68. The monoisotopic (exact) mass is 164 g/mol. The molecule has 1 aromatic carbocycles. The molecule has 0 spiro atoms. The van der Waals surface area contributed by atoms with Gasteiger partial charge in [0.1, 0.15) is 5.75 Å². The van der Waals surface area contributed by atoms with Gasteiger partial charge in [-0.05, 0) is 12.1 Å². The van der Waals surface area contributed by atoms with Gasteiger partial charge in [-0.25, -0.2) is 0 Å². The van der Waals surface area contributed by atoms with Crippen LogP contribution in [0.25, 0.3) is 0 Å². The number of carbonyl (C=O) groups is 1. The molecule has 0 aliphatic rings. The first-order valence-electron chi connectivity index (χ1n) is 2.59. The van der Waals surface area contributed by atoms with Gasteiger partial charge < -0.3 is 4.74 Å². The second-order valence-electron chi connectivity index (χ2n) is 1.53. The Labute approximate surface area is 89.2 Å². The molecule has 0 aliphatic heterocycles. The number of benzene rings is 1. The van der Waals surface area contributed by atoms with Crippen LogP contribution in [0.3, 0.4) is 0 Å². The maximum absolute atomic E-state index is 9.75. The van der Waals surface area contributed by atoms with Crippen LogP contribution in [0.15, 0.2) is 30.3 Å². The van der Waals surface area contributed by atoms with Gasteiger partial charge in [-0.15, -0.1) is 0 Å². The number of hydrogen-bond donors (Lipinski definition) is 0. The number of ether oxygens (including phenoxy) is 1. The summed E-state index contributed by atoms with van der Waals surface area (Å²) in [6.45, 7) is 0.412. The van der Waals surface area contributed by atoms with E-state index in [0.717, 1.165) is 0 Å². The number of rotatable bonds is 2. The summed E-state index contributed by atoms with van der Waals surface area (Å²) in [6.07, 6.45) is 0. The van der Waals surface area contributed by atoms with Gasteiger partial charge in [0, 0.05) is 0 Å². The molecule has 0 fully saturated rings. The van der Waals surface area contributed by atoms with E-state index in [1.807, 2.05) is 6.07 Å². The first kappa shape index (κ1) is 9.95. The fourth-order valence-electron chi connectivity index (χ4n) is 0.555. The third-order valence-electron chi connectivity index (χ3n) is 0.927. The summed E-state index contributed by atoms with van der Waals surface area (Å²) in [5.41, 5.74) is 0. The zero-order chi connectivity index (χ0) is 6.53. The molecule has 1 aromatic rings. The van der Waals surface area contributed by atoms with E-state index in [9.17, 15) is 4.79 Å². The van der Waals surface area contributed by atoms with Gasteiger partial charge in [-0.2, -0.15) is 0 Å². The van der Waals surface area contributed by atoms with E-state index in [2.05, 4.69) is 4.74 Å². The predicted octanol–water partition coefficient (Wildman–Crippen LogP) is 0.306. The van der Waals surface area contributed by atoms with Crippen molar-refractivity contribution < 1.29 is 9.53 Å². The molecule has 3 heteroatoms. The van der Waals surface area contributed by atoms with Crippen molar-refractivity contribution in [2.24, 2.45) is 0 Å². The van der Waals surface area contributed by atoms with Crippen molar-refractivity contribution in [1.82, 2.24) is 0 Å². The third kappa shape index (κ3) is 3.20. The van der Waals surface area contributed by atoms with Crippen LogP contribution in [0, 0.1) is 0 Å². The number of carbonyl (C=O) groups excluding carboxylic acids is 1. The Morgan fingerprint density at radius 1 is 1.20 bits per heavy atom. The van der Waals surface area contributed by atoms with Crippen molar-refractivity contribution in [3.63, 3.8) is 0 Å². The van der Waals surface area contributed by atoms with Crippen LogP contribution in [0.5, 0.6) is 5.75 Å². The summed E-state index contributed by atoms with van der Waals surface area (Å²) in [7, 11) is 0. The molecule has 0 unspecified atom stereocenters. The van der Waals surface area contributed by atoms with Crippen LogP contribution in [0.1, 0.15) is 0 Å². The van der Waals surface area contributed by atoms with Crippen LogP contribution in [0.2, 0.25) is 0 Å². The van der Waals surface area contributed by atoms with E-state index in [1.165, 1.54) is 0 Å². The fraction of sp³-hybridized carbons (Fsp3) is 0. The van der Waals surface area contributed by atoms with E-state index >= 15 is 0 Å². The van der Waals surface area contributed by atoms with Crippen LogP contribution in [0.4, 0.5) is 0 Å². The molecule has 50 valence electrons. The Morgan fingerprint density at radius 3 is 2.30 bits per heavy atom. The van der Waals surface area contributed by atoms with E-state index in [-0.39, 0.29) is 37.7 Å². The molecule has 0 saturated heterocycles. The summed E-state index contributed by atoms with van der Waals surface area (Å²) in [5, 5.41) is 0. The first-order valence-corrected chi connectivity index (χ1v) is 2.59. The maximum atomic E-state index is 9.75. The van der Waals surface area contributed by atoms with E-state index in [1.54, 1.807) is 24.3 Å². The minimum atomic E-state index is 0. The predicted molar refractivity (Wildman–Crippen MR) is 41.7 cm³/mol. The molecule has 0 amide bonds. The molecule has 1 rings (SSSR count). The zero-order valence-corrected chi connectivity index (χ0v) is 4.78. The van der Waals surface area contributed by atoms with Gasteiger partial charge in [0.15, 0.2) is 0 Å². The SMILES string of the molecule is O=COc1ccccc1.[CaH2]. The Morgan fingerprint density at radius 2 is 1.80 bits per heavy atom. The van der Waals surface area contributed by atoms with Gasteiger partial charge in [-0.3, -0.25) is 4.79 Å². The number of para-hydroxylation sites is 1. The molecule has 0 aliphatic carbocycles. The van der Waals surface area contributed by atoms with Gasteiger partial charge in [0.2, 0.25) is 0 Å². The van der Waals surface area contributed by atoms with Crippen LogP contribution < -0.4 is 4.74 Å². The molecule has 0 radical (unpaired) electrons. The van der Waals surface area contributed by atoms with Crippen molar-refractivity contribution in [3.05, 3.63) is 30.3 Å². The second kappa shape index (κ2) is 5.71. The standard InChI is InChI=1S/C7H6O2.Ca.2H/c8-6-9-7-4-2-1-3-5-7;;;/h1-6H;;;. The summed E-state index contributed by atoms with van der Waals surface area (Å²) < 4.78 is 4.53. The molecule has 10 heavy (non-hydrogen) atoms. The molecule has 2 nitrogen and oxygen atoms in total. The van der Waals surface area contributed by atoms with Crippen molar-refractivity contribution >= 4 is 44.2 Å². The summed E-state index contributed by atoms with van der Waals surface area (Å²) in [6, 6.07) is 8.90. The van der Waals surface area contributed by atoms with Crippen molar-refractivity contribution in [1.29, 1.82) is 0 Å². The average Bonchev–Trinajstić information content (AvgIpc) is 1.91. The molecule has 0 atom stereocenters. The zero-order valence-electron chi connectivity index (χ0n) is 4.78. The summed E-state index contributed by atoms with van der Waals surface area (Å²) >= 11 is 0. The van der Waals surface area contributed by atoms with Gasteiger partial charge in [-0.1, -0.05) is 18.2 Å². The van der Waals surface area contributed by atoms with Gasteiger partial charge in [0.25, 0.3) is 6.47 Å². The van der Waals surface area contributed by atoms with Crippen LogP contribution in [-0.2, 0) is 4.79 Å². The topological polar surface area (TPSA) is 26.3 Å². The summed E-state index contributed by atoms with van der Waals surface area (Å²) in [4.78, 5) is 9.75. The molecule has 0 N–H and O–H groups in total. The van der Waals surface area contributed by atoms with Crippen molar-refractivity contribution in [2.45, 2.75) is 0 Å². The quantitative estimate of drug-likeness (QED) is 0.464. The number of hydrogen-bond acceptors (Lipinski definition) is 2. The molecule has 0 saturated carbocycles. The van der Waals surface area contributed by atoms with E-state index in [0.29, 0.717) is 12.2 Å². The third-order valence-corrected chi connectivity index (χ3v) is 0.927. The van der Waals surface area contributed by atoms with Crippen molar-refractivity contribution in [2.75, 3.05) is 0 Å². The Hall–Kier alpha value is -0.0503. The van der Waals surface area contributed by atoms with E-state index < -0.39 is 0 Å². The van der Waals surface area contributed by atoms with Crippen molar-refractivity contribution in [3.8, 4) is 5.75 Å². The molecular formula is C7H8CaO2. The second-order valence-corrected chi connectivity index (χ2v) is 1.53. The summed E-state index contributed by atoms with van der Waals surface area (Å²) in [5.74, 6) is 0.576. The molecule has 0 heterocycles. The molecule has 0 bridgehead atoms. The van der Waals surface area contributed by atoms with Gasteiger partial charge in [0.05, 0.1) is 0 Å². The Balaban J connectivity index is 0.000000810. The van der Waals surface area contributed by atoms with Crippen LogP contribution in [-0.4, -0.2) is 44.2 Å². The Bertz CT molecular complexity index is 186. The fourth-order valence-corrected chi connectivity index (χ4v) is 0.555. The minimum absolute atomic E-state index is 0.